The number of urea groups is 1. The Morgan fingerprint density at radius 3 is 2.84 bits per heavy atom. The summed E-state index contributed by atoms with van der Waals surface area (Å²) in [4.78, 5) is 15.4. The van der Waals surface area contributed by atoms with Crippen LogP contribution in [0.5, 0.6) is 0 Å². The lowest BCUT2D eigenvalue weighted by atomic mass is 10.1. The van der Waals surface area contributed by atoms with Gasteiger partial charge in [-0.1, -0.05) is 30.3 Å². The predicted molar refractivity (Wildman–Crippen MR) is 75.2 cm³/mol. The number of aliphatic hydroxyl groups excluding tert-OH is 1. The summed E-state index contributed by atoms with van der Waals surface area (Å²) >= 11 is 1.36. The maximum atomic E-state index is 11.5. The maximum Gasteiger partial charge on any atom is 0.321 e. The SMILES string of the molecule is O=C(NCCC(O)c1ccccc1)Nc1nccs1. The Labute approximate surface area is 115 Å². The summed E-state index contributed by atoms with van der Waals surface area (Å²) in [6.07, 6.45) is 1.52. The molecule has 100 valence electrons. The zero-order valence-corrected chi connectivity index (χ0v) is 11.1. The highest BCUT2D eigenvalue weighted by Gasteiger charge is 2.08. The summed E-state index contributed by atoms with van der Waals surface area (Å²) in [7, 11) is 0. The molecule has 1 atom stereocenters. The molecule has 0 fully saturated rings. The molecule has 2 aromatic rings. The van der Waals surface area contributed by atoms with Gasteiger partial charge in [0.05, 0.1) is 6.10 Å². The first-order valence-electron chi connectivity index (χ1n) is 5.93. The highest BCUT2D eigenvalue weighted by Crippen LogP contribution is 2.15. The number of aromatic nitrogens is 1. The minimum absolute atomic E-state index is 0.310. The van der Waals surface area contributed by atoms with Crippen molar-refractivity contribution in [2.75, 3.05) is 11.9 Å². The van der Waals surface area contributed by atoms with Gasteiger partial charge in [0.25, 0.3) is 0 Å². The molecule has 0 aliphatic heterocycles. The number of thiazole rings is 1. The van der Waals surface area contributed by atoms with Crippen LogP contribution in [-0.4, -0.2) is 22.7 Å². The van der Waals surface area contributed by atoms with Crippen molar-refractivity contribution in [1.82, 2.24) is 10.3 Å². The van der Waals surface area contributed by atoms with E-state index in [1.165, 1.54) is 11.3 Å². The minimum atomic E-state index is -0.568. The fraction of sp³-hybridized carbons (Fsp3) is 0.231. The molecule has 0 saturated heterocycles. The van der Waals surface area contributed by atoms with E-state index in [2.05, 4.69) is 15.6 Å². The summed E-state index contributed by atoms with van der Waals surface area (Å²) in [6.45, 7) is 0.396. The Kier molecular flexibility index (Phi) is 4.88. The fourth-order valence-corrected chi connectivity index (χ4v) is 2.11. The summed E-state index contributed by atoms with van der Waals surface area (Å²) in [6, 6.07) is 9.06. The van der Waals surface area contributed by atoms with Gasteiger partial charge < -0.3 is 10.4 Å². The number of carbonyl (C=O) groups is 1. The number of nitrogens with zero attached hydrogens (tertiary/aromatic N) is 1. The standard InChI is InChI=1S/C13H15N3O2S/c17-11(10-4-2-1-3-5-10)6-7-14-12(18)16-13-15-8-9-19-13/h1-5,8-9,11,17H,6-7H2,(H2,14,15,16,18). The van der Waals surface area contributed by atoms with E-state index in [0.717, 1.165) is 5.56 Å². The van der Waals surface area contributed by atoms with E-state index in [1.807, 2.05) is 30.3 Å². The largest absolute Gasteiger partial charge is 0.388 e. The van der Waals surface area contributed by atoms with Crippen LogP contribution in [-0.2, 0) is 0 Å². The summed E-state index contributed by atoms with van der Waals surface area (Å²) in [5.74, 6) is 0. The molecule has 1 aromatic carbocycles. The number of nitrogens with one attached hydrogen (secondary N) is 2. The second-order valence-corrected chi connectivity index (χ2v) is 4.83. The van der Waals surface area contributed by atoms with Crippen LogP contribution >= 0.6 is 11.3 Å². The van der Waals surface area contributed by atoms with E-state index < -0.39 is 6.10 Å². The van der Waals surface area contributed by atoms with Crippen molar-refractivity contribution >= 4 is 22.5 Å². The van der Waals surface area contributed by atoms with Crippen LogP contribution in [0.1, 0.15) is 18.1 Å². The molecular weight excluding hydrogens is 262 g/mol. The first kappa shape index (κ1) is 13.5. The lowest BCUT2D eigenvalue weighted by molar-refractivity contribution is 0.167. The zero-order valence-electron chi connectivity index (χ0n) is 10.2. The number of anilines is 1. The first-order chi connectivity index (χ1) is 9.25. The molecule has 3 N–H and O–H groups in total. The number of aliphatic hydroxyl groups is 1. The molecule has 0 saturated carbocycles. The normalized spacial score (nSPS) is 11.8. The second-order valence-electron chi connectivity index (χ2n) is 3.93. The van der Waals surface area contributed by atoms with Crippen molar-refractivity contribution in [2.24, 2.45) is 0 Å². The van der Waals surface area contributed by atoms with Gasteiger partial charge in [-0.2, -0.15) is 0 Å². The molecule has 0 aliphatic carbocycles. The number of amides is 2. The second kappa shape index (κ2) is 6.86. The summed E-state index contributed by atoms with van der Waals surface area (Å²) in [5.41, 5.74) is 0.852. The molecule has 0 bridgehead atoms. The molecule has 5 nitrogen and oxygen atoms in total. The number of rotatable bonds is 5. The van der Waals surface area contributed by atoms with Crippen LogP contribution in [0.3, 0.4) is 0 Å². The first-order valence-corrected chi connectivity index (χ1v) is 6.81. The summed E-state index contributed by atoms with van der Waals surface area (Å²) < 4.78 is 0. The summed E-state index contributed by atoms with van der Waals surface area (Å²) in [5, 5.41) is 17.5. The number of hydrogen-bond acceptors (Lipinski definition) is 4. The van der Waals surface area contributed by atoms with E-state index >= 15 is 0 Å². The third-order valence-electron chi connectivity index (χ3n) is 2.54. The fourth-order valence-electron chi connectivity index (χ4n) is 1.59. The van der Waals surface area contributed by atoms with Gasteiger partial charge in [0.2, 0.25) is 0 Å². The van der Waals surface area contributed by atoms with Crippen molar-refractivity contribution in [1.29, 1.82) is 0 Å². The molecule has 1 aromatic heterocycles. The molecule has 6 heteroatoms. The molecule has 1 unspecified atom stereocenters. The molecule has 19 heavy (non-hydrogen) atoms. The predicted octanol–water partition coefficient (Wildman–Crippen LogP) is 2.39. The van der Waals surface area contributed by atoms with Gasteiger partial charge in [0.1, 0.15) is 0 Å². The molecule has 2 rings (SSSR count). The van der Waals surface area contributed by atoms with Crippen molar-refractivity contribution in [3.8, 4) is 0 Å². The van der Waals surface area contributed by atoms with Gasteiger partial charge in [-0.3, -0.25) is 5.32 Å². The van der Waals surface area contributed by atoms with Gasteiger partial charge >= 0.3 is 6.03 Å². The quantitative estimate of drug-likeness (QED) is 0.785. The van der Waals surface area contributed by atoms with Gasteiger partial charge in [0, 0.05) is 18.1 Å². The average molecular weight is 277 g/mol. The molecule has 0 aliphatic rings. The van der Waals surface area contributed by atoms with Crippen LogP contribution in [0.25, 0.3) is 0 Å². The van der Waals surface area contributed by atoms with Gasteiger partial charge in [-0.05, 0) is 12.0 Å². The molecule has 1 heterocycles. The Balaban J connectivity index is 1.70. The zero-order chi connectivity index (χ0) is 13.5. The minimum Gasteiger partial charge on any atom is -0.388 e. The molecule has 0 radical (unpaired) electrons. The van der Waals surface area contributed by atoms with Gasteiger partial charge in [0.15, 0.2) is 5.13 Å². The van der Waals surface area contributed by atoms with Gasteiger partial charge in [-0.25, -0.2) is 9.78 Å². The average Bonchev–Trinajstić information content (AvgIpc) is 2.92. The highest BCUT2D eigenvalue weighted by molar-refractivity contribution is 7.13. The van der Waals surface area contributed by atoms with Crippen molar-refractivity contribution in [3.05, 3.63) is 47.5 Å². The number of carbonyl (C=O) groups excluding carboxylic acids is 1. The lowest BCUT2D eigenvalue weighted by Crippen LogP contribution is -2.30. The molecular formula is C13H15N3O2S. The highest BCUT2D eigenvalue weighted by atomic mass is 32.1. The van der Waals surface area contributed by atoms with Crippen molar-refractivity contribution < 1.29 is 9.90 Å². The number of hydrogen-bond donors (Lipinski definition) is 3. The maximum absolute atomic E-state index is 11.5. The van der Waals surface area contributed by atoms with Gasteiger partial charge in [-0.15, -0.1) is 11.3 Å². The Hall–Kier alpha value is -1.92. The monoisotopic (exact) mass is 277 g/mol. The number of benzene rings is 1. The van der Waals surface area contributed by atoms with Crippen molar-refractivity contribution in [3.63, 3.8) is 0 Å². The van der Waals surface area contributed by atoms with Crippen LogP contribution in [0, 0.1) is 0 Å². The molecule has 2 amide bonds. The Morgan fingerprint density at radius 1 is 1.37 bits per heavy atom. The Bertz CT molecular complexity index is 502. The van der Waals surface area contributed by atoms with Crippen molar-refractivity contribution in [2.45, 2.75) is 12.5 Å². The topological polar surface area (TPSA) is 74.2 Å². The third-order valence-corrected chi connectivity index (χ3v) is 3.23. The Morgan fingerprint density at radius 2 is 2.16 bits per heavy atom. The van der Waals surface area contributed by atoms with Crippen LogP contribution in [0.2, 0.25) is 0 Å². The molecule has 0 spiro atoms. The van der Waals surface area contributed by atoms with Crippen LogP contribution < -0.4 is 10.6 Å². The third kappa shape index (κ3) is 4.35. The van der Waals surface area contributed by atoms with E-state index in [1.54, 1.807) is 11.6 Å². The lowest BCUT2D eigenvalue weighted by Gasteiger charge is -2.11. The van der Waals surface area contributed by atoms with Crippen LogP contribution in [0.4, 0.5) is 9.93 Å². The van der Waals surface area contributed by atoms with E-state index in [9.17, 15) is 9.90 Å². The van der Waals surface area contributed by atoms with E-state index in [-0.39, 0.29) is 6.03 Å². The van der Waals surface area contributed by atoms with E-state index in [4.69, 9.17) is 0 Å². The van der Waals surface area contributed by atoms with E-state index in [0.29, 0.717) is 18.1 Å². The van der Waals surface area contributed by atoms with Crippen LogP contribution in [0.15, 0.2) is 41.9 Å². The smallest absolute Gasteiger partial charge is 0.321 e.